The van der Waals surface area contributed by atoms with Crippen LogP contribution in [0.5, 0.6) is 0 Å². The Hall–Kier alpha value is -1.22. The van der Waals surface area contributed by atoms with Gasteiger partial charge in [0.1, 0.15) is 4.83 Å². The maximum absolute atomic E-state index is 12.4. The van der Waals surface area contributed by atoms with Crippen LogP contribution >= 0.6 is 22.7 Å². The Labute approximate surface area is 167 Å². The van der Waals surface area contributed by atoms with Crippen molar-refractivity contribution < 1.29 is 9.53 Å². The number of carbonyl (C=O) groups is 1. The molecule has 0 radical (unpaired) electrons. The number of nitrogens with one attached hydrogen (secondary N) is 1. The van der Waals surface area contributed by atoms with Crippen molar-refractivity contribution in [3.05, 3.63) is 10.9 Å². The Balaban J connectivity index is 1.24. The smallest absolute Gasteiger partial charge is 0.261 e. The van der Waals surface area contributed by atoms with Gasteiger partial charge in [-0.25, -0.2) is 4.98 Å². The molecule has 1 amide bonds. The monoisotopic (exact) mass is 406 g/mol. The molecule has 2 aliphatic heterocycles. The molecule has 0 spiro atoms. The van der Waals surface area contributed by atoms with Crippen LogP contribution in [0.2, 0.25) is 0 Å². The normalized spacial score (nSPS) is 29.6. The van der Waals surface area contributed by atoms with Gasteiger partial charge in [-0.2, -0.15) is 0 Å². The summed E-state index contributed by atoms with van der Waals surface area (Å²) in [6.45, 7) is 9.36. The molecule has 1 aliphatic carbocycles. The third-order valence-corrected chi connectivity index (χ3v) is 8.27. The van der Waals surface area contributed by atoms with Gasteiger partial charge in [-0.1, -0.05) is 18.3 Å². The Kier molecular flexibility index (Phi) is 4.62. The first-order chi connectivity index (χ1) is 13.1. The summed E-state index contributed by atoms with van der Waals surface area (Å²) < 4.78 is 6.48. The van der Waals surface area contributed by atoms with Gasteiger partial charge in [0, 0.05) is 31.7 Å². The summed E-state index contributed by atoms with van der Waals surface area (Å²) in [5.74, 6) is 0.805. The first-order valence-corrected chi connectivity index (χ1v) is 11.5. The highest BCUT2D eigenvalue weighted by atomic mass is 32.1. The van der Waals surface area contributed by atoms with Gasteiger partial charge >= 0.3 is 0 Å². The minimum atomic E-state index is 0.0635. The van der Waals surface area contributed by atoms with Crippen LogP contribution in [0.15, 0.2) is 6.07 Å². The summed E-state index contributed by atoms with van der Waals surface area (Å²) in [5, 5.41) is 4.24. The number of thiophene rings is 1. The largest absolute Gasteiger partial charge is 0.378 e. The van der Waals surface area contributed by atoms with E-state index in [-0.39, 0.29) is 5.91 Å². The number of anilines is 1. The van der Waals surface area contributed by atoms with Crippen molar-refractivity contribution in [2.24, 2.45) is 5.92 Å². The van der Waals surface area contributed by atoms with Crippen molar-refractivity contribution in [2.75, 3.05) is 37.7 Å². The topological polar surface area (TPSA) is 57.7 Å². The van der Waals surface area contributed by atoms with E-state index in [1.165, 1.54) is 11.3 Å². The first kappa shape index (κ1) is 17.8. The number of rotatable bonds is 4. The lowest BCUT2D eigenvalue weighted by atomic mass is 9.82. The van der Waals surface area contributed by atoms with Crippen molar-refractivity contribution in [2.45, 2.75) is 44.8 Å². The molecule has 3 aliphatic rings. The molecule has 2 aromatic rings. The van der Waals surface area contributed by atoms with Gasteiger partial charge in [0.05, 0.1) is 28.8 Å². The van der Waals surface area contributed by atoms with Crippen LogP contribution in [0.25, 0.3) is 9.53 Å². The van der Waals surface area contributed by atoms with E-state index in [0.29, 0.717) is 18.1 Å². The number of hydrogen-bond acceptors (Lipinski definition) is 7. The average Bonchev–Trinajstić information content (AvgIpc) is 3.12. The SMILES string of the molecule is CC1CC(NC(=O)c2cc3sc(N4CCN(C5COC5)[C@H](C)C4)nc3s2)C1. The lowest BCUT2D eigenvalue weighted by Crippen LogP contribution is -2.60. The molecule has 8 heteroatoms. The minimum absolute atomic E-state index is 0.0635. The fraction of sp³-hybridized carbons (Fsp3) is 0.684. The standard InChI is InChI=1S/C19H26N4O2S2/c1-11-5-13(6-11)20-17(24)15-7-16-18(26-15)21-19(27-16)22-3-4-23(12(2)8-22)14-9-25-10-14/h7,11-14H,3-6,8-10H2,1-2H3,(H,20,24)/t11?,12-,13?/m1/s1. The van der Waals surface area contributed by atoms with E-state index in [9.17, 15) is 4.79 Å². The number of hydrogen-bond donors (Lipinski definition) is 1. The predicted octanol–water partition coefficient (Wildman–Crippen LogP) is 2.80. The maximum Gasteiger partial charge on any atom is 0.261 e. The number of thiazole rings is 1. The number of aromatic nitrogens is 1. The van der Waals surface area contributed by atoms with Crippen molar-refractivity contribution >= 4 is 43.2 Å². The summed E-state index contributed by atoms with van der Waals surface area (Å²) in [6, 6.07) is 3.49. The zero-order valence-electron chi connectivity index (χ0n) is 15.8. The molecule has 2 saturated heterocycles. The molecular formula is C19H26N4O2S2. The Morgan fingerprint density at radius 3 is 2.70 bits per heavy atom. The number of piperazine rings is 1. The van der Waals surface area contributed by atoms with Crippen LogP contribution in [-0.2, 0) is 4.74 Å². The molecule has 6 nitrogen and oxygen atoms in total. The summed E-state index contributed by atoms with van der Waals surface area (Å²) in [6.07, 6.45) is 2.20. The molecule has 146 valence electrons. The third-order valence-electron chi connectivity index (χ3n) is 6.05. The average molecular weight is 407 g/mol. The highest BCUT2D eigenvalue weighted by Gasteiger charge is 2.34. The Morgan fingerprint density at radius 1 is 1.26 bits per heavy atom. The van der Waals surface area contributed by atoms with Crippen molar-refractivity contribution in [3.8, 4) is 0 Å². The van der Waals surface area contributed by atoms with Gasteiger partial charge in [-0.15, -0.1) is 11.3 Å². The van der Waals surface area contributed by atoms with Crippen LogP contribution in [0.4, 0.5) is 5.13 Å². The molecule has 1 atom stereocenters. The quantitative estimate of drug-likeness (QED) is 0.846. The van der Waals surface area contributed by atoms with Crippen LogP contribution in [0.1, 0.15) is 36.4 Å². The van der Waals surface area contributed by atoms with E-state index in [2.05, 4.69) is 29.0 Å². The molecule has 27 heavy (non-hydrogen) atoms. The van der Waals surface area contributed by atoms with E-state index in [1.807, 2.05) is 6.07 Å². The first-order valence-electron chi connectivity index (χ1n) is 9.86. The second-order valence-corrected chi connectivity index (χ2v) is 10.3. The van der Waals surface area contributed by atoms with Gasteiger partial charge in [0.25, 0.3) is 5.91 Å². The van der Waals surface area contributed by atoms with E-state index < -0.39 is 0 Å². The van der Waals surface area contributed by atoms with E-state index in [1.54, 1.807) is 11.3 Å². The van der Waals surface area contributed by atoms with Gasteiger partial charge in [0.2, 0.25) is 0 Å². The molecule has 0 unspecified atom stereocenters. The lowest BCUT2D eigenvalue weighted by molar-refractivity contribution is -0.0792. The highest BCUT2D eigenvalue weighted by Crippen LogP contribution is 2.36. The van der Waals surface area contributed by atoms with Crippen LogP contribution < -0.4 is 10.2 Å². The van der Waals surface area contributed by atoms with Crippen molar-refractivity contribution in [1.82, 2.24) is 15.2 Å². The number of amides is 1. The van der Waals surface area contributed by atoms with E-state index in [0.717, 1.165) is 71.1 Å². The zero-order valence-corrected chi connectivity index (χ0v) is 17.4. The lowest BCUT2D eigenvalue weighted by Gasteiger charge is -2.46. The molecule has 1 N–H and O–H groups in total. The number of carbonyl (C=O) groups excluding carboxylic acids is 1. The third kappa shape index (κ3) is 3.37. The van der Waals surface area contributed by atoms with Crippen molar-refractivity contribution in [1.29, 1.82) is 0 Å². The molecule has 0 aromatic carbocycles. The number of fused-ring (bicyclic) bond motifs is 1. The maximum atomic E-state index is 12.4. The molecule has 3 fully saturated rings. The fourth-order valence-corrected chi connectivity index (χ4v) is 6.50. The summed E-state index contributed by atoms with van der Waals surface area (Å²) in [5.41, 5.74) is 0. The van der Waals surface area contributed by atoms with Crippen LogP contribution in [0, 0.1) is 5.92 Å². The second kappa shape index (κ2) is 6.99. The predicted molar refractivity (Wildman–Crippen MR) is 110 cm³/mol. The van der Waals surface area contributed by atoms with Crippen molar-refractivity contribution in [3.63, 3.8) is 0 Å². The number of ether oxygens (including phenoxy) is 1. The number of nitrogens with zero attached hydrogens (tertiary/aromatic N) is 3. The van der Waals surface area contributed by atoms with Gasteiger partial charge < -0.3 is 15.0 Å². The second-order valence-electron chi connectivity index (χ2n) is 8.25. The summed E-state index contributed by atoms with van der Waals surface area (Å²) in [7, 11) is 0. The summed E-state index contributed by atoms with van der Waals surface area (Å²) in [4.78, 5) is 24.0. The zero-order chi connectivity index (χ0) is 18.5. The minimum Gasteiger partial charge on any atom is -0.378 e. The molecule has 5 rings (SSSR count). The van der Waals surface area contributed by atoms with E-state index >= 15 is 0 Å². The Morgan fingerprint density at radius 2 is 2.07 bits per heavy atom. The van der Waals surface area contributed by atoms with Crippen LogP contribution in [-0.4, -0.2) is 66.8 Å². The van der Waals surface area contributed by atoms with E-state index in [4.69, 9.17) is 9.72 Å². The molecule has 2 aromatic heterocycles. The van der Waals surface area contributed by atoms with Gasteiger partial charge in [-0.05, 0) is 31.7 Å². The fourth-order valence-electron chi connectivity index (χ4n) is 4.35. The molecule has 0 bridgehead atoms. The molecular weight excluding hydrogens is 380 g/mol. The molecule has 4 heterocycles. The summed E-state index contributed by atoms with van der Waals surface area (Å²) >= 11 is 3.23. The highest BCUT2D eigenvalue weighted by molar-refractivity contribution is 7.29. The van der Waals surface area contributed by atoms with Crippen LogP contribution in [0.3, 0.4) is 0 Å². The Bertz CT molecular complexity index is 808. The van der Waals surface area contributed by atoms with Gasteiger partial charge in [0.15, 0.2) is 5.13 Å². The van der Waals surface area contributed by atoms with Gasteiger partial charge in [-0.3, -0.25) is 9.69 Å². The molecule has 1 saturated carbocycles.